The van der Waals surface area contributed by atoms with Crippen LogP contribution >= 0.6 is 11.3 Å². The van der Waals surface area contributed by atoms with Gasteiger partial charge in [-0.15, -0.1) is 11.3 Å². The van der Waals surface area contributed by atoms with E-state index in [1.165, 1.54) is 10.4 Å². The summed E-state index contributed by atoms with van der Waals surface area (Å²) in [7, 11) is 1.57. The number of anilines is 1. The largest absolute Gasteiger partial charge is 0.497 e. The van der Waals surface area contributed by atoms with Gasteiger partial charge in [-0.05, 0) is 87.1 Å². The Morgan fingerprint density at radius 3 is 2.58 bits per heavy atom. The van der Waals surface area contributed by atoms with E-state index in [-0.39, 0.29) is 5.57 Å². The van der Waals surface area contributed by atoms with Crippen LogP contribution in [0.5, 0.6) is 5.75 Å². The molecule has 0 unspecified atom stereocenters. The molecule has 0 saturated heterocycles. The van der Waals surface area contributed by atoms with Crippen molar-refractivity contribution in [2.45, 2.75) is 39.5 Å². The van der Waals surface area contributed by atoms with Crippen molar-refractivity contribution >= 4 is 29.0 Å². The zero-order valence-corrected chi connectivity index (χ0v) is 19.7. The lowest BCUT2D eigenvalue weighted by Gasteiger charge is -2.10. The highest BCUT2D eigenvalue weighted by atomic mass is 32.1. The van der Waals surface area contributed by atoms with Crippen molar-refractivity contribution in [2.24, 2.45) is 0 Å². The summed E-state index contributed by atoms with van der Waals surface area (Å²) < 4.78 is 7.20. The van der Waals surface area contributed by atoms with Gasteiger partial charge in [0.25, 0.3) is 5.91 Å². The highest BCUT2D eigenvalue weighted by molar-refractivity contribution is 7.15. The first-order chi connectivity index (χ1) is 16.0. The molecule has 2 heterocycles. The molecule has 166 valence electrons. The second-order valence-electron chi connectivity index (χ2n) is 8.02. The summed E-state index contributed by atoms with van der Waals surface area (Å²) in [6, 6.07) is 13.3. The van der Waals surface area contributed by atoms with E-state index in [9.17, 15) is 15.3 Å². The van der Waals surface area contributed by atoms with Crippen molar-refractivity contribution in [1.82, 2.24) is 4.57 Å². The molecule has 0 atom stereocenters. The van der Waals surface area contributed by atoms with Gasteiger partial charge in [-0.2, -0.15) is 10.5 Å². The number of nitriles is 2. The van der Waals surface area contributed by atoms with Gasteiger partial charge in [-0.25, -0.2) is 0 Å². The second-order valence-corrected chi connectivity index (χ2v) is 9.10. The van der Waals surface area contributed by atoms with E-state index >= 15 is 0 Å². The average Bonchev–Trinajstić information content (AvgIpc) is 3.33. The van der Waals surface area contributed by atoms with E-state index in [4.69, 9.17) is 4.74 Å². The number of benzene rings is 1. The molecule has 0 saturated carbocycles. The Morgan fingerprint density at radius 2 is 1.91 bits per heavy atom. The lowest BCUT2D eigenvalue weighted by atomic mass is 9.96. The number of amides is 1. The lowest BCUT2D eigenvalue weighted by molar-refractivity contribution is -0.112. The van der Waals surface area contributed by atoms with Gasteiger partial charge >= 0.3 is 0 Å². The summed E-state index contributed by atoms with van der Waals surface area (Å²) in [5, 5.41) is 23.2. The molecule has 6 nitrogen and oxygen atoms in total. The van der Waals surface area contributed by atoms with Crippen molar-refractivity contribution in [1.29, 1.82) is 10.5 Å². The Labute approximate surface area is 197 Å². The van der Waals surface area contributed by atoms with Crippen LogP contribution < -0.4 is 10.1 Å². The minimum atomic E-state index is -0.475. The Morgan fingerprint density at radius 1 is 1.18 bits per heavy atom. The van der Waals surface area contributed by atoms with Crippen molar-refractivity contribution in [3.63, 3.8) is 0 Å². The number of methoxy groups -OCH3 is 1. The number of nitrogens with zero attached hydrogens (tertiary/aromatic N) is 3. The van der Waals surface area contributed by atoms with Gasteiger partial charge in [0, 0.05) is 22.0 Å². The molecule has 4 rings (SSSR count). The first-order valence-electron chi connectivity index (χ1n) is 10.8. The molecule has 1 amide bonds. The zero-order valence-electron chi connectivity index (χ0n) is 18.9. The number of ether oxygens (including phenoxy) is 1. The molecule has 2 aromatic heterocycles. The van der Waals surface area contributed by atoms with Crippen LogP contribution in [-0.4, -0.2) is 17.6 Å². The van der Waals surface area contributed by atoms with Crippen LogP contribution in [0.1, 0.15) is 45.8 Å². The maximum absolute atomic E-state index is 12.7. The number of aromatic nitrogens is 1. The number of carbonyl (C=O) groups is 1. The fourth-order valence-electron chi connectivity index (χ4n) is 4.25. The van der Waals surface area contributed by atoms with Crippen LogP contribution in [0.4, 0.5) is 5.69 Å². The molecule has 1 aliphatic rings. The van der Waals surface area contributed by atoms with Gasteiger partial charge in [0.1, 0.15) is 28.5 Å². The molecule has 0 fully saturated rings. The number of carbonyl (C=O) groups excluding carboxylic acids is 1. The molecule has 7 heteroatoms. The minimum absolute atomic E-state index is 0.0112. The summed E-state index contributed by atoms with van der Waals surface area (Å²) in [5.74, 6) is 0.209. The molecule has 33 heavy (non-hydrogen) atoms. The SMILES string of the molecule is COc1ccc(NC(=O)C(C#N)=Cc2cc(C)n(-c3sc4c(c3C#N)CCCC4)c2C)cc1. The molecular formula is C26H24N4O2S. The molecule has 0 spiro atoms. The third-order valence-electron chi connectivity index (χ3n) is 5.95. The molecule has 1 aliphatic carbocycles. The Balaban J connectivity index is 1.67. The van der Waals surface area contributed by atoms with Gasteiger partial charge in [0.05, 0.1) is 12.7 Å². The maximum Gasteiger partial charge on any atom is 0.266 e. The van der Waals surface area contributed by atoms with Crippen molar-refractivity contribution in [2.75, 3.05) is 12.4 Å². The second kappa shape index (κ2) is 9.36. The molecule has 1 N–H and O–H groups in total. The summed E-state index contributed by atoms with van der Waals surface area (Å²) >= 11 is 1.68. The van der Waals surface area contributed by atoms with Gasteiger partial charge in [-0.3, -0.25) is 4.79 Å². The normalized spacial score (nSPS) is 13.1. The van der Waals surface area contributed by atoms with Crippen LogP contribution in [0.2, 0.25) is 0 Å². The third kappa shape index (κ3) is 4.28. The number of hydrogen-bond acceptors (Lipinski definition) is 5. The van der Waals surface area contributed by atoms with Gasteiger partial charge in [-0.1, -0.05) is 0 Å². The van der Waals surface area contributed by atoms with Crippen LogP contribution in [0.15, 0.2) is 35.9 Å². The smallest absolute Gasteiger partial charge is 0.266 e. The van der Waals surface area contributed by atoms with Crippen molar-refractivity contribution in [3.05, 3.63) is 68.9 Å². The third-order valence-corrected chi connectivity index (χ3v) is 7.23. The van der Waals surface area contributed by atoms with Gasteiger partial charge < -0.3 is 14.6 Å². The van der Waals surface area contributed by atoms with Crippen LogP contribution in [0, 0.1) is 36.5 Å². The molecule has 1 aromatic carbocycles. The van der Waals surface area contributed by atoms with Gasteiger partial charge in [0.2, 0.25) is 0 Å². The van der Waals surface area contributed by atoms with E-state index < -0.39 is 5.91 Å². The Hall–Kier alpha value is -3.81. The average molecular weight is 457 g/mol. The number of fused-ring (bicyclic) bond motifs is 1. The minimum Gasteiger partial charge on any atom is -0.497 e. The van der Waals surface area contributed by atoms with Crippen LogP contribution in [-0.2, 0) is 17.6 Å². The van der Waals surface area contributed by atoms with Crippen LogP contribution in [0.25, 0.3) is 11.1 Å². The standard InChI is InChI=1S/C26H24N4O2S/c1-16-12-18(13-19(14-27)25(31)29-20-8-10-21(32-3)11-9-20)17(2)30(16)26-23(15-28)22-6-4-5-7-24(22)33-26/h8-13H,4-7H2,1-3H3,(H,29,31). The summed E-state index contributed by atoms with van der Waals surface area (Å²) in [5.41, 5.74) is 5.17. The maximum atomic E-state index is 12.7. The highest BCUT2D eigenvalue weighted by Crippen LogP contribution is 2.38. The molecular weight excluding hydrogens is 432 g/mol. The molecule has 3 aromatic rings. The number of aryl methyl sites for hydroxylation is 2. The number of hydrogen-bond donors (Lipinski definition) is 1. The first kappa shape index (κ1) is 22.4. The van der Waals surface area contributed by atoms with Crippen LogP contribution in [0.3, 0.4) is 0 Å². The topological polar surface area (TPSA) is 90.8 Å². The quantitative estimate of drug-likeness (QED) is 0.408. The number of thiophene rings is 1. The summed E-state index contributed by atoms with van der Waals surface area (Å²) in [6.07, 6.45) is 5.85. The predicted octanol–water partition coefficient (Wildman–Crippen LogP) is 5.46. The fourth-order valence-corrected chi connectivity index (χ4v) is 5.70. The van der Waals surface area contributed by atoms with E-state index in [0.29, 0.717) is 11.4 Å². The fraction of sp³-hybridized carbons (Fsp3) is 0.269. The van der Waals surface area contributed by atoms with Crippen molar-refractivity contribution in [3.8, 4) is 22.9 Å². The van der Waals surface area contributed by atoms with E-state index in [0.717, 1.165) is 53.2 Å². The van der Waals surface area contributed by atoms with Gasteiger partial charge in [0.15, 0.2) is 0 Å². The molecule has 0 aliphatic heterocycles. The summed E-state index contributed by atoms with van der Waals surface area (Å²) in [6.45, 7) is 3.93. The Bertz CT molecular complexity index is 1330. The monoisotopic (exact) mass is 456 g/mol. The number of nitrogens with one attached hydrogen (secondary N) is 1. The predicted molar refractivity (Wildman–Crippen MR) is 130 cm³/mol. The van der Waals surface area contributed by atoms with Crippen molar-refractivity contribution < 1.29 is 9.53 Å². The number of rotatable bonds is 5. The first-order valence-corrected chi connectivity index (χ1v) is 11.6. The zero-order chi connectivity index (χ0) is 23.5. The Kier molecular flexibility index (Phi) is 6.35. The van der Waals surface area contributed by atoms with E-state index in [1.807, 2.05) is 26.0 Å². The molecule has 0 bridgehead atoms. The van der Waals surface area contributed by atoms with E-state index in [1.54, 1.807) is 48.8 Å². The van der Waals surface area contributed by atoms with E-state index in [2.05, 4.69) is 16.0 Å². The lowest BCUT2D eigenvalue weighted by Crippen LogP contribution is -2.13. The molecule has 0 radical (unpaired) electrons. The highest BCUT2D eigenvalue weighted by Gasteiger charge is 2.24. The summed E-state index contributed by atoms with van der Waals surface area (Å²) in [4.78, 5) is 14.0.